The fourth-order valence-electron chi connectivity index (χ4n) is 4.35. The van der Waals surface area contributed by atoms with Gasteiger partial charge < -0.3 is 19.1 Å². The summed E-state index contributed by atoms with van der Waals surface area (Å²) in [7, 11) is 3.32. The number of carbonyl (C=O) groups is 1. The Morgan fingerprint density at radius 2 is 1.68 bits per heavy atom. The maximum Gasteiger partial charge on any atom is 0.253 e. The van der Waals surface area contributed by atoms with Gasteiger partial charge in [0.25, 0.3) is 5.91 Å². The van der Waals surface area contributed by atoms with Gasteiger partial charge in [-0.1, -0.05) is 17.7 Å². The van der Waals surface area contributed by atoms with Gasteiger partial charge in [-0.25, -0.2) is 0 Å². The number of methoxy groups -OCH3 is 2. The Bertz CT molecular complexity index is 867. The van der Waals surface area contributed by atoms with E-state index in [1.807, 2.05) is 36.1 Å². The summed E-state index contributed by atoms with van der Waals surface area (Å²) in [5.41, 5.74) is 3.99. The van der Waals surface area contributed by atoms with Gasteiger partial charge >= 0.3 is 0 Å². The van der Waals surface area contributed by atoms with Gasteiger partial charge in [-0.05, 0) is 61.6 Å². The highest BCUT2D eigenvalue weighted by Crippen LogP contribution is 2.45. The molecule has 2 aliphatic heterocycles. The van der Waals surface area contributed by atoms with Crippen LogP contribution < -0.4 is 9.47 Å². The zero-order valence-electron chi connectivity index (χ0n) is 16.8. The van der Waals surface area contributed by atoms with E-state index in [1.54, 1.807) is 14.2 Å². The van der Waals surface area contributed by atoms with Gasteiger partial charge in [-0.3, -0.25) is 4.79 Å². The first kappa shape index (κ1) is 18.8. The summed E-state index contributed by atoms with van der Waals surface area (Å²) in [5.74, 6) is 1.58. The van der Waals surface area contributed by atoms with Crippen LogP contribution in [0.2, 0.25) is 0 Å². The molecular formula is C23H27NO4. The number of aryl methyl sites for hydroxylation is 1. The lowest BCUT2D eigenvalue weighted by atomic mass is 9.79. The molecular weight excluding hydrogens is 354 g/mol. The van der Waals surface area contributed by atoms with E-state index in [2.05, 4.69) is 12.1 Å². The molecule has 2 heterocycles. The number of fused-ring (bicyclic) bond motifs is 2. The number of hydrogen-bond acceptors (Lipinski definition) is 4. The first-order chi connectivity index (χ1) is 13.6. The summed E-state index contributed by atoms with van der Waals surface area (Å²) in [6, 6.07) is 11.9. The molecule has 2 aliphatic rings. The highest BCUT2D eigenvalue weighted by atomic mass is 16.5. The molecule has 0 bridgehead atoms. The van der Waals surface area contributed by atoms with Crippen LogP contribution in [0.15, 0.2) is 36.4 Å². The van der Waals surface area contributed by atoms with Crippen LogP contribution in [0.4, 0.5) is 0 Å². The second-order valence-electron chi connectivity index (χ2n) is 7.62. The molecule has 0 aliphatic carbocycles. The molecule has 1 fully saturated rings. The second kappa shape index (κ2) is 7.47. The van der Waals surface area contributed by atoms with Crippen LogP contribution in [0.3, 0.4) is 0 Å². The van der Waals surface area contributed by atoms with Gasteiger partial charge in [0.1, 0.15) is 0 Å². The van der Waals surface area contributed by atoms with E-state index >= 15 is 0 Å². The number of likely N-dealkylation sites (tertiary alicyclic amines) is 1. The molecule has 2 aromatic carbocycles. The van der Waals surface area contributed by atoms with Crippen molar-refractivity contribution in [3.05, 3.63) is 58.7 Å². The summed E-state index contributed by atoms with van der Waals surface area (Å²) in [6.07, 6.45) is 2.43. The molecule has 5 heteroatoms. The van der Waals surface area contributed by atoms with Crippen LogP contribution in [0.5, 0.6) is 11.5 Å². The molecule has 0 aromatic heterocycles. The Balaban J connectivity index is 1.56. The molecule has 0 saturated carbocycles. The van der Waals surface area contributed by atoms with Crippen molar-refractivity contribution >= 4 is 5.91 Å². The van der Waals surface area contributed by atoms with Gasteiger partial charge in [0.2, 0.25) is 0 Å². The molecule has 1 amide bonds. The van der Waals surface area contributed by atoms with Gasteiger partial charge in [-0.15, -0.1) is 0 Å². The normalized spacial score (nSPS) is 17.9. The molecule has 0 atom stereocenters. The van der Waals surface area contributed by atoms with Gasteiger partial charge in [-0.2, -0.15) is 0 Å². The summed E-state index contributed by atoms with van der Waals surface area (Å²) in [4.78, 5) is 14.8. The summed E-state index contributed by atoms with van der Waals surface area (Å²) in [6.45, 7) is 4.08. The van der Waals surface area contributed by atoms with Crippen LogP contribution in [-0.2, 0) is 16.8 Å². The first-order valence-electron chi connectivity index (χ1n) is 9.81. The Labute approximate surface area is 166 Å². The fraction of sp³-hybridized carbons (Fsp3) is 0.435. The van der Waals surface area contributed by atoms with Crippen molar-refractivity contribution in [2.75, 3.05) is 33.9 Å². The van der Waals surface area contributed by atoms with Crippen LogP contribution in [0, 0.1) is 6.92 Å². The van der Waals surface area contributed by atoms with Crippen LogP contribution in [0.1, 0.15) is 39.9 Å². The minimum atomic E-state index is -0.350. The van der Waals surface area contributed by atoms with Crippen molar-refractivity contribution in [3.63, 3.8) is 0 Å². The lowest BCUT2D eigenvalue weighted by molar-refractivity contribution is -0.0936. The van der Waals surface area contributed by atoms with Crippen molar-refractivity contribution in [1.82, 2.24) is 4.90 Å². The smallest absolute Gasteiger partial charge is 0.253 e. The number of nitrogens with zero attached hydrogens (tertiary/aromatic N) is 1. The molecule has 0 radical (unpaired) electrons. The summed E-state index contributed by atoms with van der Waals surface area (Å²) in [5, 5.41) is 0. The maximum atomic E-state index is 12.9. The highest BCUT2D eigenvalue weighted by molar-refractivity contribution is 5.94. The maximum absolute atomic E-state index is 12.9. The molecule has 1 spiro atoms. The summed E-state index contributed by atoms with van der Waals surface area (Å²) < 4.78 is 17.3. The zero-order chi connectivity index (χ0) is 19.7. The average Bonchev–Trinajstić information content (AvgIpc) is 2.74. The van der Waals surface area contributed by atoms with Crippen LogP contribution in [0.25, 0.3) is 0 Å². The number of piperidine rings is 1. The quantitative estimate of drug-likeness (QED) is 0.813. The third-order valence-electron chi connectivity index (χ3n) is 6.01. The van der Waals surface area contributed by atoms with Gasteiger partial charge in [0, 0.05) is 18.7 Å². The predicted octanol–water partition coefficient (Wildman–Crippen LogP) is 3.72. The Morgan fingerprint density at radius 1 is 1.04 bits per heavy atom. The van der Waals surface area contributed by atoms with E-state index in [0.29, 0.717) is 19.7 Å². The van der Waals surface area contributed by atoms with Gasteiger partial charge in [0.15, 0.2) is 11.5 Å². The second-order valence-corrected chi connectivity index (χ2v) is 7.62. The van der Waals surface area contributed by atoms with Crippen molar-refractivity contribution in [1.29, 1.82) is 0 Å². The zero-order valence-corrected chi connectivity index (χ0v) is 16.8. The number of rotatable bonds is 3. The standard InChI is InChI=1S/C23H27NO4/c1-16-4-6-17(7-5-16)22(25)24-11-9-23(10-12-24)19-15-21(27-3)20(26-2)14-18(19)8-13-28-23/h4-7,14-15H,8-13H2,1-3H3. The molecule has 4 rings (SSSR count). The number of carbonyl (C=O) groups excluding carboxylic acids is 1. The Hall–Kier alpha value is -2.53. The molecule has 0 unspecified atom stereocenters. The molecule has 0 N–H and O–H groups in total. The number of amides is 1. The molecule has 148 valence electrons. The van der Waals surface area contributed by atoms with E-state index in [1.165, 1.54) is 11.1 Å². The van der Waals surface area contributed by atoms with Crippen LogP contribution >= 0.6 is 0 Å². The monoisotopic (exact) mass is 381 g/mol. The minimum absolute atomic E-state index is 0.0956. The average molecular weight is 381 g/mol. The lowest BCUT2D eigenvalue weighted by Gasteiger charge is -2.45. The molecule has 2 aromatic rings. The van der Waals surface area contributed by atoms with Crippen molar-refractivity contribution in [2.24, 2.45) is 0 Å². The Kier molecular flexibility index (Phi) is 5.02. The van der Waals surface area contributed by atoms with Crippen LogP contribution in [-0.4, -0.2) is 44.7 Å². The fourth-order valence-corrected chi connectivity index (χ4v) is 4.35. The summed E-state index contributed by atoms with van der Waals surface area (Å²) >= 11 is 0. The van der Waals surface area contributed by atoms with E-state index < -0.39 is 0 Å². The SMILES string of the molecule is COc1cc2c(cc1OC)C1(CCN(C(=O)c3ccc(C)cc3)CC1)OCC2. The van der Waals surface area contributed by atoms with Gasteiger partial charge in [0.05, 0.1) is 26.4 Å². The number of hydrogen-bond donors (Lipinski definition) is 0. The van der Waals surface area contributed by atoms with E-state index in [9.17, 15) is 4.79 Å². The largest absolute Gasteiger partial charge is 0.493 e. The molecule has 1 saturated heterocycles. The predicted molar refractivity (Wildman–Crippen MR) is 107 cm³/mol. The van der Waals surface area contributed by atoms with Crippen molar-refractivity contribution < 1.29 is 19.0 Å². The Morgan fingerprint density at radius 3 is 2.32 bits per heavy atom. The van der Waals surface area contributed by atoms with Crippen molar-refractivity contribution in [2.45, 2.75) is 31.8 Å². The number of ether oxygens (including phenoxy) is 3. The third kappa shape index (κ3) is 3.24. The first-order valence-corrected chi connectivity index (χ1v) is 9.81. The molecule has 5 nitrogen and oxygen atoms in total. The number of benzene rings is 2. The highest BCUT2D eigenvalue weighted by Gasteiger charge is 2.42. The third-order valence-corrected chi connectivity index (χ3v) is 6.01. The van der Waals surface area contributed by atoms with E-state index in [-0.39, 0.29) is 11.5 Å². The van der Waals surface area contributed by atoms with Crippen molar-refractivity contribution in [3.8, 4) is 11.5 Å². The molecule has 28 heavy (non-hydrogen) atoms. The van der Waals surface area contributed by atoms with E-state index in [4.69, 9.17) is 14.2 Å². The van der Waals surface area contributed by atoms with E-state index in [0.717, 1.165) is 41.9 Å². The minimum Gasteiger partial charge on any atom is -0.493 e. The topological polar surface area (TPSA) is 48.0 Å². The lowest BCUT2D eigenvalue weighted by Crippen LogP contribution is -2.48.